The Morgan fingerprint density at radius 2 is 1.78 bits per heavy atom. The Balaban J connectivity index is 4.60. The first-order valence-corrected chi connectivity index (χ1v) is 6.08. The predicted octanol–water partition coefficient (Wildman–Crippen LogP) is 2.78. The number of hydrogen-bond acceptors (Lipinski definition) is 3. The molecule has 0 aromatic rings. The van der Waals surface area contributed by atoms with Gasteiger partial charge in [-0.2, -0.15) is 0 Å². The number of carbonyl (C=O) groups excluding carboxylic acids is 1. The smallest absolute Gasteiger partial charge is 0.407 e. The van der Waals surface area contributed by atoms with Crippen LogP contribution in [0.15, 0.2) is 25.3 Å². The molecule has 4 nitrogen and oxygen atoms in total. The summed E-state index contributed by atoms with van der Waals surface area (Å²) in [5, 5.41) is 13.1. The van der Waals surface area contributed by atoms with Crippen molar-refractivity contribution in [3.8, 4) is 0 Å². The van der Waals surface area contributed by atoms with E-state index in [-0.39, 0.29) is 0 Å². The van der Waals surface area contributed by atoms with E-state index in [1.54, 1.807) is 39.8 Å². The molecule has 1 amide bonds. The van der Waals surface area contributed by atoms with E-state index in [1.807, 2.05) is 0 Å². The number of amides is 1. The Kier molecular flexibility index (Phi) is 6.12. The third-order valence-corrected chi connectivity index (χ3v) is 2.53. The molecular weight excluding hydrogens is 230 g/mol. The normalized spacial score (nSPS) is 13.6. The van der Waals surface area contributed by atoms with E-state index < -0.39 is 23.3 Å². The first-order valence-electron chi connectivity index (χ1n) is 6.08. The second-order valence-corrected chi connectivity index (χ2v) is 5.46. The van der Waals surface area contributed by atoms with E-state index in [9.17, 15) is 9.90 Å². The lowest BCUT2D eigenvalue weighted by atomic mass is 9.88. The summed E-state index contributed by atoms with van der Waals surface area (Å²) >= 11 is 0. The molecule has 0 spiro atoms. The quantitative estimate of drug-likeness (QED) is 0.717. The summed E-state index contributed by atoms with van der Waals surface area (Å²) in [6.45, 7) is 14.3. The van der Waals surface area contributed by atoms with Crippen molar-refractivity contribution >= 4 is 6.09 Å². The minimum Gasteiger partial charge on any atom is -0.444 e. The monoisotopic (exact) mass is 255 g/mol. The molecule has 0 radical (unpaired) electrons. The van der Waals surface area contributed by atoms with Gasteiger partial charge in [0.25, 0.3) is 0 Å². The van der Waals surface area contributed by atoms with Crippen LogP contribution in [0, 0.1) is 0 Å². The molecule has 1 unspecified atom stereocenters. The molecule has 0 aliphatic heterocycles. The Morgan fingerprint density at radius 1 is 1.33 bits per heavy atom. The van der Waals surface area contributed by atoms with Gasteiger partial charge in [0.15, 0.2) is 0 Å². The summed E-state index contributed by atoms with van der Waals surface area (Å²) in [7, 11) is 0. The van der Waals surface area contributed by atoms with Crippen LogP contribution in [0.4, 0.5) is 4.79 Å². The number of aliphatic hydroxyl groups is 1. The van der Waals surface area contributed by atoms with Crippen LogP contribution < -0.4 is 5.32 Å². The molecular formula is C14H25NO3. The maximum atomic E-state index is 11.6. The van der Waals surface area contributed by atoms with E-state index in [0.29, 0.717) is 12.8 Å². The van der Waals surface area contributed by atoms with Gasteiger partial charge in [0, 0.05) is 0 Å². The largest absolute Gasteiger partial charge is 0.444 e. The lowest BCUT2D eigenvalue weighted by Gasteiger charge is -2.33. The molecule has 1 atom stereocenters. The molecule has 18 heavy (non-hydrogen) atoms. The van der Waals surface area contributed by atoms with Crippen LogP contribution in [0.25, 0.3) is 0 Å². The van der Waals surface area contributed by atoms with Crippen LogP contribution in [-0.4, -0.2) is 28.4 Å². The first kappa shape index (κ1) is 16.7. The SMILES string of the molecule is C=CCC(O)(CC=C)C(C)NC(=O)OC(C)(C)C. The number of rotatable bonds is 6. The molecule has 0 saturated carbocycles. The van der Waals surface area contributed by atoms with Crippen molar-refractivity contribution in [2.45, 2.75) is 57.8 Å². The molecule has 2 N–H and O–H groups in total. The summed E-state index contributed by atoms with van der Waals surface area (Å²) in [6.07, 6.45) is 3.45. The Morgan fingerprint density at radius 3 is 2.11 bits per heavy atom. The van der Waals surface area contributed by atoms with Crippen molar-refractivity contribution in [3.63, 3.8) is 0 Å². The molecule has 0 heterocycles. The third-order valence-electron chi connectivity index (χ3n) is 2.53. The van der Waals surface area contributed by atoms with Gasteiger partial charge in [-0.15, -0.1) is 13.2 Å². The average Bonchev–Trinajstić information content (AvgIpc) is 2.14. The van der Waals surface area contributed by atoms with E-state index in [0.717, 1.165) is 0 Å². The lowest BCUT2D eigenvalue weighted by molar-refractivity contribution is 0.00167. The Hall–Kier alpha value is -1.29. The van der Waals surface area contributed by atoms with Gasteiger partial charge in [-0.05, 0) is 40.5 Å². The van der Waals surface area contributed by atoms with E-state index in [4.69, 9.17) is 4.74 Å². The van der Waals surface area contributed by atoms with Crippen molar-refractivity contribution in [2.24, 2.45) is 0 Å². The second kappa shape index (κ2) is 6.59. The van der Waals surface area contributed by atoms with Gasteiger partial charge < -0.3 is 15.2 Å². The second-order valence-electron chi connectivity index (χ2n) is 5.46. The van der Waals surface area contributed by atoms with Crippen LogP contribution >= 0.6 is 0 Å². The fourth-order valence-corrected chi connectivity index (χ4v) is 1.56. The van der Waals surface area contributed by atoms with Crippen LogP contribution in [0.2, 0.25) is 0 Å². The topological polar surface area (TPSA) is 58.6 Å². The first-order chi connectivity index (χ1) is 8.14. The zero-order chi connectivity index (χ0) is 14.4. The Bertz CT molecular complexity index is 295. The number of ether oxygens (including phenoxy) is 1. The van der Waals surface area contributed by atoms with Crippen LogP contribution in [0.3, 0.4) is 0 Å². The lowest BCUT2D eigenvalue weighted by Crippen LogP contribution is -2.51. The molecule has 0 rings (SSSR count). The van der Waals surface area contributed by atoms with Gasteiger partial charge >= 0.3 is 6.09 Å². The molecule has 104 valence electrons. The molecule has 0 aromatic carbocycles. The molecule has 0 fully saturated rings. The average molecular weight is 255 g/mol. The van der Waals surface area contributed by atoms with Crippen molar-refractivity contribution in [3.05, 3.63) is 25.3 Å². The highest BCUT2D eigenvalue weighted by Gasteiger charge is 2.33. The zero-order valence-electron chi connectivity index (χ0n) is 11.8. The van der Waals surface area contributed by atoms with Gasteiger partial charge in [-0.3, -0.25) is 0 Å². The van der Waals surface area contributed by atoms with Gasteiger partial charge in [0.1, 0.15) is 5.60 Å². The molecule has 0 bridgehead atoms. The maximum Gasteiger partial charge on any atom is 0.407 e. The van der Waals surface area contributed by atoms with Crippen LogP contribution in [-0.2, 0) is 4.74 Å². The number of alkyl carbamates (subject to hydrolysis) is 1. The van der Waals surface area contributed by atoms with Crippen LogP contribution in [0.1, 0.15) is 40.5 Å². The van der Waals surface area contributed by atoms with Gasteiger partial charge in [-0.25, -0.2) is 4.79 Å². The summed E-state index contributed by atoms with van der Waals surface area (Å²) in [5.41, 5.74) is -1.64. The molecule has 0 aliphatic carbocycles. The minimum atomic E-state index is -1.08. The van der Waals surface area contributed by atoms with Crippen molar-refractivity contribution in [2.75, 3.05) is 0 Å². The number of carbonyl (C=O) groups is 1. The number of hydrogen-bond donors (Lipinski definition) is 2. The fourth-order valence-electron chi connectivity index (χ4n) is 1.56. The highest BCUT2D eigenvalue weighted by molar-refractivity contribution is 5.68. The summed E-state index contributed by atoms with van der Waals surface area (Å²) in [5.74, 6) is 0. The van der Waals surface area contributed by atoms with E-state index in [1.165, 1.54) is 0 Å². The van der Waals surface area contributed by atoms with Gasteiger partial charge in [0.05, 0.1) is 11.6 Å². The highest BCUT2D eigenvalue weighted by atomic mass is 16.6. The highest BCUT2D eigenvalue weighted by Crippen LogP contribution is 2.21. The van der Waals surface area contributed by atoms with E-state index in [2.05, 4.69) is 18.5 Å². The maximum absolute atomic E-state index is 11.6. The fraction of sp³-hybridized carbons (Fsp3) is 0.643. The number of nitrogens with one attached hydrogen (secondary N) is 1. The predicted molar refractivity (Wildman–Crippen MR) is 73.4 cm³/mol. The molecule has 0 saturated heterocycles. The third kappa shape index (κ3) is 5.87. The summed E-state index contributed by atoms with van der Waals surface area (Å²) in [4.78, 5) is 11.6. The van der Waals surface area contributed by atoms with Crippen molar-refractivity contribution in [1.82, 2.24) is 5.32 Å². The van der Waals surface area contributed by atoms with Crippen molar-refractivity contribution in [1.29, 1.82) is 0 Å². The summed E-state index contributed by atoms with van der Waals surface area (Å²) in [6, 6.07) is -0.455. The zero-order valence-corrected chi connectivity index (χ0v) is 11.8. The Labute approximate surface area is 110 Å². The molecule has 0 aromatic heterocycles. The van der Waals surface area contributed by atoms with Gasteiger partial charge in [0.2, 0.25) is 0 Å². The summed E-state index contributed by atoms with van der Waals surface area (Å²) < 4.78 is 5.15. The van der Waals surface area contributed by atoms with Crippen LogP contribution in [0.5, 0.6) is 0 Å². The molecule has 0 aliphatic rings. The molecule has 4 heteroatoms. The van der Waals surface area contributed by atoms with Gasteiger partial charge in [-0.1, -0.05) is 12.2 Å². The van der Waals surface area contributed by atoms with E-state index >= 15 is 0 Å². The minimum absolute atomic E-state index is 0.371. The standard InChI is InChI=1S/C14H25NO3/c1-7-9-14(17,10-8-2)11(3)15-12(16)18-13(4,5)6/h7-8,11,17H,1-2,9-10H2,3-6H3,(H,15,16). The van der Waals surface area contributed by atoms with Crippen molar-refractivity contribution < 1.29 is 14.6 Å².